The lowest BCUT2D eigenvalue weighted by molar-refractivity contribution is -0.144. The van der Waals surface area contributed by atoms with Gasteiger partial charge < -0.3 is 18.9 Å². The number of carbonyl (C=O) groups excluding carboxylic acids is 1. The molecule has 0 fully saturated rings. The van der Waals surface area contributed by atoms with Gasteiger partial charge in [0.05, 0.1) is 7.11 Å². The molecule has 0 aliphatic carbocycles. The van der Waals surface area contributed by atoms with E-state index >= 15 is 0 Å². The van der Waals surface area contributed by atoms with Gasteiger partial charge in [-0.15, -0.1) is 0 Å². The van der Waals surface area contributed by atoms with E-state index in [1.807, 2.05) is 36.4 Å². The van der Waals surface area contributed by atoms with Crippen LogP contribution in [0, 0.1) is 0 Å². The summed E-state index contributed by atoms with van der Waals surface area (Å²) < 4.78 is 21.9. The van der Waals surface area contributed by atoms with E-state index in [0.29, 0.717) is 24.3 Å². The maximum absolute atomic E-state index is 11.9. The monoisotopic (exact) mass is 392 g/mol. The van der Waals surface area contributed by atoms with Crippen LogP contribution in [0.25, 0.3) is 0 Å². The predicted octanol–water partition coefficient (Wildman–Crippen LogP) is 3.86. The molecule has 0 spiro atoms. The molecular weight excluding hydrogens is 376 g/mol. The Bertz CT molecular complexity index is 727. The second-order valence-electron chi connectivity index (χ2n) is 5.31. The lowest BCUT2D eigenvalue weighted by Gasteiger charge is -2.08. The first-order valence-electron chi connectivity index (χ1n) is 7.52. The molecule has 5 nitrogen and oxygen atoms in total. The standard InChI is InChI=1S/C18H17BrO5/c1-21-14-5-2-12(3-6-14)4-7-18(20)22-10-13-8-16-17(9-15(13)19)24-11-23-16/h2-3,5-6,8-9H,4,7,10-11H2,1H3. The van der Waals surface area contributed by atoms with Gasteiger partial charge in [-0.25, -0.2) is 0 Å². The maximum atomic E-state index is 11.9. The summed E-state index contributed by atoms with van der Waals surface area (Å²) in [6.07, 6.45) is 0.958. The summed E-state index contributed by atoms with van der Waals surface area (Å²) in [6.45, 7) is 0.408. The van der Waals surface area contributed by atoms with Gasteiger partial charge >= 0.3 is 5.97 Å². The second-order valence-corrected chi connectivity index (χ2v) is 6.16. The van der Waals surface area contributed by atoms with E-state index in [2.05, 4.69) is 15.9 Å². The molecule has 0 saturated heterocycles. The molecule has 1 aliphatic heterocycles. The number of fused-ring (bicyclic) bond motifs is 1. The fraction of sp³-hybridized carbons (Fsp3) is 0.278. The molecule has 0 amide bonds. The van der Waals surface area contributed by atoms with Gasteiger partial charge in [0.15, 0.2) is 11.5 Å². The van der Waals surface area contributed by atoms with Gasteiger partial charge in [0, 0.05) is 16.5 Å². The minimum Gasteiger partial charge on any atom is -0.497 e. The highest BCUT2D eigenvalue weighted by Crippen LogP contribution is 2.37. The van der Waals surface area contributed by atoms with Crippen LogP contribution in [0.15, 0.2) is 40.9 Å². The molecule has 2 aromatic rings. The number of carbonyl (C=O) groups is 1. The van der Waals surface area contributed by atoms with Gasteiger partial charge in [-0.2, -0.15) is 0 Å². The molecule has 0 saturated carbocycles. The van der Waals surface area contributed by atoms with E-state index in [4.69, 9.17) is 18.9 Å². The van der Waals surface area contributed by atoms with Crippen LogP contribution in [0.1, 0.15) is 17.5 Å². The van der Waals surface area contributed by atoms with Crippen molar-refractivity contribution in [1.82, 2.24) is 0 Å². The third kappa shape index (κ3) is 4.00. The van der Waals surface area contributed by atoms with Gasteiger partial charge in [-0.3, -0.25) is 4.79 Å². The first-order valence-corrected chi connectivity index (χ1v) is 8.31. The Kier molecular flexibility index (Phi) is 5.25. The SMILES string of the molecule is COc1ccc(CCC(=O)OCc2cc3c(cc2Br)OCO3)cc1. The fourth-order valence-corrected chi connectivity index (χ4v) is 2.78. The van der Waals surface area contributed by atoms with Crippen LogP contribution in [0.5, 0.6) is 17.2 Å². The van der Waals surface area contributed by atoms with Crippen molar-refractivity contribution in [1.29, 1.82) is 0 Å². The van der Waals surface area contributed by atoms with E-state index in [0.717, 1.165) is 21.3 Å². The number of hydrogen-bond donors (Lipinski definition) is 0. The van der Waals surface area contributed by atoms with Crippen molar-refractivity contribution in [3.05, 3.63) is 52.0 Å². The molecule has 6 heteroatoms. The molecule has 0 atom stereocenters. The molecule has 126 valence electrons. The summed E-state index contributed by atoms with van der Waals surface area (Å²) in [6, 6.07) is 11.3. The van der Waals surface area contributed by atoms with Gasteiger partial charge in [0.25, 0.3) is 0 Å². The predicted molar refractivity (Wildman–Crippen MR) is 91.4 cm³/mol. The molecule has 1 heterocycles. The number of hydrogen-bond acceptors (Lipinski definition) is 5. The summed E-state index contributed by atoms with van der Waals surface area (Å²) in [5, 5.41) is 0. The zero-order chi connectivity index (χ0) is 16.9. The molecule has 24 heavy (non-hydrogen) atoms. The number of rotatable bonds is 6. The Hall–Kier alpha value is -2.21. The van der Waals surface area contributed by atoms with Crippen LogP contribution in [-0.4, -0.2) is 19.9 Å². The number of halogens is 1. The van der Waals surface area contributed by atoms with Crippen molar-refractivity contribution >= 4 is 21.9 Å². The van der Waals surface area contributed by atoms with Crippen LogP contribution in [-0.2, 0) is 22.6 Å². The highest BCUT2D eigenvalue weighted by molar-refractivity contribution is 9.10. The average molecular weight is 393 g/mol. The molecule has 0 radical (unpaired) electrons. The zero-order valence-corrected chi connectivity index (χ0v) is 14.8. The zero-order valence-electron chi connectivity index (χ0n) is 13.2. The Morgan fingerprint density at radius 1 is 1.17 bits per heavy atom. The van der Waals surface area contributed by atoms with E-state index in [1.165, 1.54) is 0 Å². The summed E-state index contributed by atoms with van der Waals surface area (Å²) in [7, 11) is 1.63. The highest BCUT2D eigenvalue weighted by atomic mass is 79.9. The average Bonchev–Trinajstić information content (AvgIpc) is 3.05. The van der Waals surface area contributed by atoms with Crippen molar-refractivity contribution < 1.29 is 23.7 Å². The van der Waals surface area contributed by atoms with Crippen LogP contribution in [0.4, 0.5) is 0 Å². The summed E-state index contributed by atoms with van der Waals surface area (Å²) in [5.41, 5.74) is 1.91. The van der Waals surface area contributed by atoms with Gasteiger partial charge in [-0.05, 0) is 36.2 Å². The van der Waals surface area contributed by atoms with E-state index in [9.17, 15) is 4.79 Å². The van der Waals surface area contributed by atoms with E-state index in [1.54, 1.807) is 7.11 Å². The molecule has 0 unspecified atom stereocenters. The third-order valence-corrected chi connectivity index (χ3v) is 4.45. The minimum absolute atomic E-state index is 0.193. The normalized spacial score (nSPS) is 12.1. The molecule has 1 aliphatic rings. The molecule has 0 aromatic heterocycles. The van der Waals surface area contributed by atoms with Crippen molar-refractivity contribution in [2.24, 2.45) is 0 Å². The smallest absolute Gasteiger partial charge is 0.306 e. The topological polar surface area (TPSA) is 54.0 Å². The molecule has 0 bridgehead atoms. The number of benzene rings is 2. The van der Waals surface area contributed by atoms with Crippen LogP contribution >= 0.6 is 15.9 Å². The largest absolute Gasteiger partial charge is 0.497 e. The first-order chi connectivity index (χ1) is 11.7. The van der Waals surface area contributed by atoms with Gasteiger partial charge in [-0.1, -0.05) is 28.1 Å². The quantitative estimate of drug-likeness (QED) is 0.698. The van der Waals surface area contributed by atoms with Gasteiger partial charge in [0.1, 0.15) is 12.4 Å². The summed E-state index contributed by atoms with van der Waals surface area (Å²) in [4.78, 5) is 11.9. The lowest BCUT2D eigenvalue weighted by Crippen LogP contribution is -2.06. The second kappa shape index (κ2) is 7.57. The number of aryl methyl sites for hydroxylation is 1. The summed E-state index contributed by atoms with van der Waals surface area (Å²) in [5.74, 6) is 1.92. The van der Waals surface area contributed by atoms with Crippen LogP contribution in [0.3, 0.4) is 0 Å². The Balaban J connectivity index is 1.50. The lowest BCUT2D eigenvalue weighted by atomic mass is 10.1. The molecule has 2 aromatic carbocycles. The summed E-state index contributed by atoms with van der Waals surface area (Å²) >= 11 is 3.45. The van der Waals surface area contributed by atoms with Gasteiger partial charge in [0.2, 0.25) is 6.79 Å². The van der Waals surface area contributed by atoms with Crippen molar-refractivity contribution in [3.8, 4) is 17.2 Å². The molecule has 3 rings (SSSR count). The molecule has 0 N–H and O–H groups in total. The number of methoxy groups -OCH3 is 1. The van der Waals surface area contributed by atoms with Crippen LogP contribution in [0.2, 0.25) is 0 Å². The highest BCUT2D eigenvalue weighted by Gasteiger charge is 2.17. The van der Waals surface area contributed by atoms with Crippen molar-refractivity contribution in [3.63, 3.8) is 0 Å². The fourth-order valence-electron chi connectivity index (χ4n) is 2.34. The number of ether oxygens (including phenoxy) is 4. The van der Waals surface area contributed by atoms with E-state index < -0.39 is 0 Å². The molecular formula is C18H17BrO5. The minimum atomic E-state index is -0.240. The Labute approximate surface area is 148 Å². The first kappa shape index (κ1) is 16.6. The van der Waals surface area contributed by atoms with Crippen molar-refractivity contribution in [2.45, 2.75) is 19.4 Å². The third-order valence-electron chi connectivity index (χ3n) is 3.71. The van der Waals surface area contributed by atoms with E-state index in [-0.39, 0.29) is 19.4 Å². The Morgan fingerprint density at radius 3 is 2.58 bits per heavy atom. The van der Waals surface area contributed by atoms with Crippen molar-refractivity contribution in [2.75, 3.05) is 13.9 Å². The van der Waals surface area contributed by atoms with Crippen LogP contribution < -0.4 is 14.2 Å². The maximum Gasteiger partial charge on any atom is 0.306 e. The number of esters is 1. The Morgan fingerprint density at radius 2 is 1.88 bits per heavy atom.